The van der Waals surface area contributed by atoms with E-state index in [1.54, 1.807) is 19.2 Å². The first-order valence-corrected chi connectivity index (χ1v) is 7.21. The monoisotopic (exact) mass is 291 g/mol. The van der Waals surface area contributed by atoms with E-state index in [4.69, 9.17) is 9.15 Å². The third-order valence-electron chi connectivity index (χ3n) is 3.19. The average molecular weight is 291 g/mol. The molecule has 0 aliphatic carbocycles. The number of benzene rings is 1. The number of hydrogen-bond acceptors (Lipinski definition) is 5. The van der Waals surface area contributed by atoms with Crippen LogP contribution in [0.25, 0.3) is 11.0 Å². The molecular weight excluding hydrogens is 278 g/mol. The van der Waals surface area contributed by atoms with Crippen molar-refractivity contribution in [3.8, 4) is 5.75 Å². The van der Waals surface area contributed by atoms with Crippen molar-refractivity contribution in [3.05, 3.63) is 30.0 Å². The molecule has 1 aliphatic rings. The van der Waals surface area contributed by atoms with Crippen LogP contribution in [0.1, 0.15) is 17.0 Å². The summed E-state index contributed by atoms with van der Waals surface area (Å²) in [6.45, 7) is 0. The summed E-state index contributed by atoms with van der Waals surface area (Å²) in [4.78, 5) is 23.6. The largest absolute Gasteiger partial charge is 0.493 e. The first-order chi connectivity index (χ1) is 9.69. The summed E-state index contributed by atoms with van der Waals surface area (Å²) in [5, 5.41) is 3.50. The summed E-state index contributed by atoms with van der Waals surface area (Å²) in [6, 6.07) is 6.68. The highest BCUT2D eigenvalue weighted by Crippen LogP contribution is 2.28. The smallest absolute Gasteiger partial charge is 0.287 e. The minimum atomic E-state index is -0.414. The number of para-hydroxylation sites is 1. The number of methoxy groups -OCH3 is 1. The Balaban J connectivity index is 1.86. The highest BCUT2D eigenvalue weighted by molar-refractivity contribution is 8.14. The lowest BCUT2D eigenvalue weighted by Gasteiger charge is -2.07. The molecule has 5 nitrogen and oxygen atoms in total. The fourth-order valence-corrected chi connectivity index (χ4v) is 3.10. The van der Waals surface area contributed by atoms with E-state index in [0.717, 1.165) is 11.1 Å². The molecule has 0 spiro atoms. The second kappa shape index (κ2) is 5.20. The third-order valence-corrected chi connectivity index (χ3v) is 4.20. The van der Waals surface area contributed by atoms with Crippen LogP contribution in [0.2, 0.25) is 0 Å². The predicted octanol–water partition coefficient (Wildman–Crippen LogP) is 2.20. The van der Waals surface area contributed by atoms with Crippen molar-refractivity contribution in [3.63, 3.8) is 0 Å². The molecule has 2 heterocycles. The summed E-state index contributed by atoms with van der Waals surface area (Å²) in [5.74, 6) is 1.14. The number of carbonyl (C=O) groups excluding carboxylic acids is 2. The molecule has 1 atom stereocenters. The predicted molar refractivity (Wildman–Crippen MR) is 76.1 cm³/mol. The van der Waals surface area contributed by atoms with Gasteiger partial charge in [0.2, 0.25) is 5.12 Å². The van der Waals surface area contributed by atoms with Gasteiger partial charge in [-0.1, -0.05) is 23.9 Å². The number of hydrogen-bond donors (Lipinski definition) is 1. The molecule has 1 N–H and O–H groups in total. The van der Waals surface area contributed by atoms with Crippen LogP contribution in [0.5, 0.6) is 5.75 Å². The molecule has 3 rings (SSSR count). The topological polar surface area (TPSA) is 68.5 Å². The van der Waals surface area contributed by atoms with Crippen LogP contribution in [-0.4, -0.2) is 29.9 Å². The van der Waals surface area contributed by atoms with Gasteiger partial charge in [-0.25, -0.2) is 0 Å². The number of amides is 1. The molecule has 104 valence electrons. The zero-order valence-corrected chi connectivity index (χ0v) is 11.7. The molecule has 2 aromatic rings. The maximum atomic E-state index is 12.1. The normalized spacial score (nSPS) is 18.4. The Hall–Kier alpha value is -1.95. The van der Waals surface area contributed by atoms with Gasteiger partial charge in [-0.2, -0.15) is 0 Å². The summed E-state index contributed by atoms with van der Waals surface area (Å²) in [6.07, 6.45) is 0.665. The molecule has 1 amide bonds. The van der Waals surface area contributed by atoms with Crippen molar-refractivity contribution in [2.45, 2.75) is 12.5 Å². The van der Waals surface area contributed by atoms with Crippen molar-refractivity contribution in [2.75, 3.05) is 12.9 Å². The van der Waals surface area contributed by atoms with Gasteiger partial charge in [0.15, 0.2) is 17.1 Å². The van der Waals surface area contributed by atoms with Crippen LogP contribution >= 0.6 is 11.8 Å². The second-order valence-electron chi connectivity index (χ2n) is 4.47. The van der Waals surface area contributed by atoms with Gasteiger partial charge >= 0.3 is 0 Å². The molecule has 1 saturated heterocycles. The Morgan fingerprint density at radius 3 is 3.05 bits per heavy atom. The van der Waals surface area contributed by atoms with Crippen LogP contribution < -0.4 is 10.1 Å². The minimum absolute atomic E-state index is 0.00652. The first kappa shape index (κ1) is 13.1. The first-order valence-electron chi connectivity index (χ1n) is 6.23. The second-order valence-corrected chi connectivity index (χ2v) is 5.57. The van der Waals surface area contributed by atoms with Gasteiger partial charge in [-0.05, 0) is 18.6 Å². The van der Waals surface area contributed by atoms with Crippen LogP contribution in [0.3, 0.4) is 0 Å². The zero-order valence-electron chi connectivity index (χ0n) is 10.8. The molecule has 1 aromatic heterocycles. The minimum Gasteiger partial charge on any atom is -0.493 e. The van der Waals surface area contributed by atoms with E-state index in [-0.39, 0.29) is 16.8 Å². The lowest BCUT2D eigenvalue weighted by atomic mass is 10.2. The van der Waals surface area contributed by atoms with E-state index < -0.39 is 6.04 Å². The summed E-state index contributed by atoms with van der Waals surface area (Å²) in [7, 11) is 1.55. The maximum Gasteiger partial charge on any atom is 0.287 e. The van der Waals surface area contributed by atoms with Gasteiger partial charge < -0.3 is 14.5 Å². The number of ether oxygens (including phenoxy) is 1. The third kappa shape index (κ3) is 2.27. The highest BCUT2D eigenvalue weighted by Gasteiger charge is 2.28. The van der Waals surface area contributed by atoms with E-state index in [1.807, 2.05) is 12.1 Å². The number of thioether (sulfide) groups is 1. The van der Waals surface area contributed by atoms with Crippen molar-refractivity contribution in [1.29, 1.82) is 0 Å². The molecule has 6 heteroatoms. The molecule has 0 bridgehead atoms. The quantitative estimate of drug-likeness (QED) is 0.939. The van der Waals surface area contributed by atoms with Crippen molar-refractivity contribution >= 4 is 33.8 Å². The molecular formula is C14H13NO4S. The van der Waals surface area contributed by atoms with Gasteiger partial charge in [0.1, 0.15) is 0 Å². The maximum absolute atomic E-state index is 12.1. The van der Waals surface area contributed by atoms with Crippen LogP contribution in [-0.2, 0) is 4.79 Å². The molecule has 0 saturated carbocycles. The Bertz CT molecular complexity index is 679. The lowest BCUT2D eigenvalue weighted by Crippen LogP contribution is -2.36. The summed E-state index contributed by atoms with van der Waals surface area (Å²) in [5.41, 5.74) is 0.535. The summed E-state index contributed by atoms with van der Waals surface area (Å²) >= 11 is 1.25. The molecule has 1 aromatic carbocycles. The molecule has 0 unspecified atom stereocenters. The van der Waals surface area contributed by atoms with Gasteiger partial charge in [-0.15, -0.1) is 0 Å². The Labute approximate surface area is 119 Å². The number of rotatable bonds is 3. The zero-order chi connectivity index (χ0) is 14.1. The van der Waals surface area contributed by atoms with Crippen molar-refractivity contribution in [1.82, 2.24) is 5.32 Å². The number of furan rings is 1. The number of carbonyl (C=O) groups is 2. The molecule has 0 radical (unpaired) electrons. The van der Waals surface area contributed by atoms with E-state index in [9.17, 15) is 9.59 Å². The molecule has 1 aliphatic heterocycles. The SMILES string of the molecule is COc1cccc2cc(C(=O)N[C@@H]3CCSC3=O)oc12. The Morgan fingerprint density at radius 1 is 1.50 bits per heavy atom. The Morgan fingerprint density at radius 2 is 2.35 bits per heavy atom. The van der Waals surface area contributed by atoms with Gasteiger partial charge in [0, 0.05) is 11.1 Å². The van der Waals surface area contributed by atoms with E-state index in [1.165, 1.54) is 11.8 Å². The van der Waals surface area contributed by atoms with E-state index in [2.05, 4.69) is 5.32 Å². The Kier molecular flexibility index (Phi) is 3.40. The molecule has 20 heavy (non-hydrogen) atoms. The highest BCUT2D eigenvalue weighted by atomic mass is 32.2. The number of fused-ring (bicyclic) bond motifs is 1. The van der Waals surface area contributed by atoms with Crippen molar-refractivity contribution in [2.24, 2.45) is 0 Å². The van der Waals surface area contributed by atoms with Crippen LogP contribution in [0, 0.1) is 0 Å². The van der Waals surface area contributed by atoms with Gasteiger partial charge in [0.05, 0.1) is 13.2 Å². The van der Waals surface area contributed by atoms with E-state index >= 15 is 0 Å². The van der Waals surface area contributed by atoms with Gasteiger partial charge in [-0.3, -0.25) is 9.59 Å². The average Bonchev–Trinajstić information content (AvgIpc) is 3.05. The summed E-state index contributed by atoms with van der Waals surface area (Å²) < 4.78 is 10.7. The van der Waals surface area contributed by atoms with Crippen LogP contribution in [0.4, 0.5) is 0 Å². The molecule has 1 fully saturated rings. The lowest BCUT2D eigenvalue weighted by molar-refractivity contribution is -0.112. The fourth-order valence-electron chi connectivity index (χ4n) is 2.17. The van der Waals surface area contributed by atoms with Crippen molar-refractivity contribution < 1.29 is 18.7 Å². The van der Waals surface area contributed by atoms with Crippen LogP contribution in [0.15, 0.2) is 28.7 Å². The number of nitrogens with one attached hydrogen (secondary N) is 1. The standard InChI is InChI=1S/C14H13NO4S/c1-18-10-4-2-3-8-7-11(19-12(8)10)13(16)15-9-5-6-20-14(9)17/h2-4,7,9H,5-6H2,1H3,(H,15,16)/t9-/m1/s1. The fraction of sp³-hybridized carbons (Fsp3) is 0.286. The van der Waals surface area contributed by atoms with Gasteiger partial charge in [0.25, 0.3) is 5.91 Å². The van der Waals surface area contributed by atoms with E-state index in [0.29, 0.717) is 17.8 Å².